The van der Waals surface area contributed by atoms with Crippen molar-refractivity contribution in [3.63, 3.8) is 0 Å². The number of amides is 2. The van der Waals surface area contributed by atoms with Crippen LogP contribution in [-0.2, 0) is 0 Å². The van der Waals surface area contributed by atoms with Crippen molar-refractivity contribution in [3.8, 4) is 11.5 Å². The van der Waals surface area contributed by atoms with Gasteiger partial charge in [-0.15, -0.1) is 0 Å². The molecule has 1 aromatic heterocycles. The van der Waals surface area contributed by atoms with Crippen molar-refractivity contribution in [2.24, 2.45) is 0 Å². The SMILES string of the molecule is O=C(O)NCCCOc1cc(C(=O)Nc2c(Cl)cncc2Cl)ccc1OC(F)F. The Morgan fingerprint density at radius 1 is 1.17 bits per heavy atom. The third kappa shape index (κ3) is 6.91. The zero-order valence-corrected chi connectivity index (χ0v) is 16.1. The van der Waals surface area contributed by atoms with Gasteiger partial charge in [0, 0.05) is 24.5 Å². The van der Waals surface area contributed by atoms with E-state index in [9.17, 15) is 18.4 Å². The summed E-state index contributed by atoms with van der Waals surface area (Å²) in [5.74, 6) is -1.01. The second-order valence-corrected chi connectivity index (χ2v) is 6.22. The second kappa shape index (κ2) is 10.6. The Bertz CT molecular complexity index is 866. The highest BCUT2D eigenvalue weighted by atomic mass is 35.5. The lowest BCUT2D eigenvalue weighted by molar-refractivity contribution is -0.0515. The number of benzene rings is 1. The van der Waals surface area contributed by atoms with Crippen molar-refractivity contribution in [2.75, 3.05) is 18.5 Å². The lowest BCUT2D eigenvalue weighted by Crippen LogP contribution is -2.23. The number of anilines is 1. The molecule has 0 unspecified atom stereocenters. The van der Waals surface area contributed by atoms with Gasteiger partial charge < -0.3 is 25.2 Å². The summed E-state index contributed by atoms with van der Waals surface area (Å²) in [6.45, 7) is -3.01. The molecule has 12 heteroatoms. The van der Waals surface area contributed by atoms with Crippen molar-refractivity contribution in [1.82, 2.24) is 10.3 Å². The fourth-order valence-electron chi connectivity index (χ4n) is 2.12. The molecule has 2 amide bonds. The number of alkyl halides is 2. The maximum absolute atomic E-state index is 12.6. The van der Waals surface area contributed by atoms with Gasteiger partial charge >= 0.3 is 12.7 Å². The molecule has 0 saturated carbocycles. The van der Waals surface area contributed by atoms with E-state index in [1.165, 1.54) is 24.5 Å². The van der Waals surface area contributed by atoms with E-state index in [4.69, 9.17) is 33.0 Å². The van der Waals surface area contributed by atoms with Crippen molar-refractivity contribution in [3.05, 3.63) is 46.2 Å². The van der Waals surface area contributed by atoms with Gasteiger partial charge in [-0.2, -0.15) is 8.78 Å². The fourth-order valence-corrected chi connectivity index (χ4v) is 2.58. The first-order chi connectivity index (χ1) is 13.8. The van der Waals surface area contributed by atoms with Crippen LogP contribution in [0.15, 0.2) is 30.6 Å². The molecule has 0 aliphatic heterocycles. The number of hydrogen-bond acceptors (Lipinski definition) is 5. The molecular formula is C17H15Cl2F2N3O5. The molecule has 0 aliphatic rings. The van der Waals surface area contributed by atoms with Gasteiger partial charge in [0.2, 0.25) is 0 Å². The van der Waals surface area contributed by atoms with Crippen LogP contribution in [0.25, 0.3) is 0 Å². The number of nitrogens with one attached hydrogen (secondary N) is 2. The van der Waals surface area contributed by atoms with E-state index in [1.807, 2.05) is 0 Å². The Balaban J connectivity index is 2.15. The maximum Gasteiger partial charge on any atom is 0.404 e. The standard InChI is InChI=1S/C17H15Cl2F2N3O5/c18-10-7-22-8-11(19)14(10)24-15(25)9-2-3-12(29-16(20)21)13(6-9)28-5-1-4-23-17(26)27/h2-3,6-8,16,23H,1,4-5H2,(H,26,27)(H,22,24,25). The summed E-state index contributed by atoms with van der Waals surface area (Å²) in [6.07, 6.45) is 1.66. The van der Waals surface area contributed by atoms with E-state index < -0.39 is 18.6 Å². The molecule has 0 spiro atoms. The first-order valence-corrected chi connectivity index (χ1v) is 8.82. The highest BCUT2D eigenvalue weighted by Crippen LogP contribution is 2.32. The largest absolute Gasteiger partial charge is 0.490 e. The van der Waals surface area contributed by atoms with Gasteiger partial charge in [0.05, 0.1) is 22.3 Å². The number of pyridine rings is 1. The number of carbonyl (C=O) groups excluding carboxylic acids is 1. The smallest absolute Gasteiger partial charge is 0.404 e. The van der Waals surface area contributed by atoms with Crippen LogP contribution >= 0.6 is 23.2 Å². The molecule has 29 heavy (non-hydrogen) atoms. The summed E-state index contributed by atoms with van der Waals surface area (Å²) < 4.78 is 35.0. The molecule has 1 heterocycles. The minimum absolute atomic E-state index is 0.00698. The topological polar surface area (TPSA) is 110 Å². The van der Waals surface area contributed by atoms with Crippen LogP contribution in [0, 0.1) is 0 Å². The van der Waals surface area contributed by atoms with Gasteiger partial charge in [-0.25, -0.2) is 4.79 Å². The first kappa shape index (κ1) is 22.4. The molecular weight excluding hydrogens is 435 g/mol. The van der Waals surface area contributed by atoms with Crippen LogP contribution in [0.1, 0.15) is 16.8 Å². The van der Waals surface area contributed by atoms with E-state index in [-0.39, 0.29) is 52.4 Å². The summed E-state index contributed by atoms with van der Waals surface area (Å²) in [7, 11) is 0. The number of nitrogens with zero attached hydrogens (tertiary/aromatic N) is 1. The molecule has 8 nitrogen and oxygen atoms in total. The first-order valence-electron chi connectivity index (χ1n) is 8.06. The van der Waals surface area contributed by atoms with Crippen LogP contribution in [0.2, 0.25) is 10.0 Å². The molecule has 2 rings (SSSR count). The highest BCUT2D eigenvalue weighted by molar-refractivity contribution is 6.39. The monoisotopic (exact) mass is 449 g/mol. The number of aromatic nitrogens is 1. The van der Waals surface area contributed by atoms with Gasteiger partial charge in [-0.3, -0.25) is 9.78 Å². The van der Waals surface area contributed by atoms with Crippen LogP contribution in [0.5, 0.6) is 11.5 Å². The van der Waals surface area contributed by atoms with Crippen molar-refractivity contribution in [2.45, 2.75) is 13.0 Å². The summed E-state index contributed by atoms with van der Waals surface area (Å²) in [6, 6.07) is 3.62. The molecule has 156 valence electrons. The van der Waals surface area contributed by atoms with Crippen LogP contribution < -0.4 is 20.1 Å². The quantitative estimate of drug-likeness (QED) is 0.492. The summed E-state index contributed by atoms with van der Waals surface area (Å²) >= 11 is 11.9. The zero-order valence-electron chi connectivity index (χ0n) is 14.6. The Kier molecular flexibility index (Phi) is 8.22. The van der Waals surface area contributed by atoms with Crippen molar-refractivity contribution >= 4 is 40.9 Å². The second-order valence-electron chi connectivity index (χ2n) is 5.41. The molecule has 2 aromatic rings. The van der Waals surface area contributed by atoms with E-state index in [0.717, 1.165) is 6.07 Å². The van der Waals surface area contributed by atoms with Gasteiger partial charge in [-0.1, -0.05) is 23.2 Å². The van der Waals surface area contributed by atoms with Gasteiger partial charge in [-0.05, 0) is 24.6 Å². The summed E-state index contributed by atoms with van der Waals surface area (Å²) in [4.78, 5) is 26.7. The predicted octanol–water partition coefficient (Wildman–Crippen LogP) is 4.28. The van der Waals surface area contributed by atoms with Crippen LogP contribution in [0.4, 0.5) is 19.3 Å². The van der Waals surface area contributed by atoms with E-state index >= 15 is 0 Å². The zero-order chi connectivity index (χ0) is 21.4. The maximum atomic E-state index is 12.6. The molecule has 0 fully saturated rings. The summed E-state index contributed by atoms with van der Waals surface area (Å²) in [5, 5.41) is 13.4. The number of carbonyl (C=O) groups is 2. The number of ether oxygens (including phenoxy) is 2. The predicted molar refractivity (Wildman–Crippen MR) is 101 cm³/mol. The van der Waals surface area contributed by atoms with E-state index in [0.29, 0.717) is 0 Å². The Hall–Kier alpha value is -2.85. The minimum Gasteiger partial charge on any atom is -0.490 e. The minimum atomic E-state index is -3.10. The van der Waals surface area contributed by atoms with E-state index in [1.54, 1.807) is 0 Å². The molecule has 0 saturated heterocycles. The molecule has 1 aromatic carbocycles. The Morgan fingerprint density at radius 3 is 2.48 bits per heavy atom. The van der Waals surface area contributed by atoms with Crippen molar-refractivity contribution in [1.29, 1.82) is 0 Å². The third-order valence-electron chi connectivity index (χ3n) is 3.37. The third-order valence-corrected chi connectivity index (χ3v) is 3.94. The van der Waals surface area contributed by atoms with Crippen LogP contribution in [0.3, 0.4) is 0 Å². The molecule has 0 atom stereocenters. The van der Waals surface area contributed by atoms with Gasteiger partial charge in [0.15, 0.2) is 11.5 Å². The van der Waals surface area contributed by atoms with Gasteiger partial charge in [0.25, 0.3) is 5.91 Å². The molecule has 0 bridgehead atoms. The number of hydrogen-bond donors (Lipinski definition) is 3. The number of halogens is 4. The fraction of sp³-hybridized carbons (Fsp3) is 0.235. The Morgan fingerprint density at radius 2 is 1.86 bits per heavy atom. The van der Waals surface area contributed by atoms with E-state index in [2.05, 4.69) is 20.4 Å². The van der Waals surface area contributed by atoms with Gasteiger partial charge in [0.1, 0.15) is 0 Å². The van der Waals surface area contributed by atoms with Crippen molar-refractivity contribution < 1.29 is 33.0 Å². The number of carboxylic acid groups (broad SMARTS) is 1. The normalized spacial score (nSPS) is 10.5. The molecule has 3 N–H and O–H groups in total. The lowest BCUT2D eigenvalue weighted by atomic mass is 10.2. The lowest BCUT2D eigenvalue weighted by Gasteiger charge is -2.14. The molecule has 0 aliphatic carbocycles. The Labute approximate surface area is 173 Å². The van der Waals surface area contributed by atoms with Crippen LogP contribution in [-0.4, -0.2) is 41.9 Å². The average molecular weight is 450 g/mol. The number of rotatable bonds is 9. The highest BCUT2D eigenvalue weighted by Gasteiger charge is 2.17. The summed E-state index contributed by atoms with van der Waals surface area (Å²) in [5.41, 5.74) is 0.206. The average Bonchev–Trinajstić information content (AvgIpc) is 2.65. The molecule has 0 radical (unpaired) electrons.